The van der Waals surface area contributed by atoms with Crippen molar-refractivity contribution in [3.63, 3.8) is 0 Å². The molecule has 74 valence electrons. The molecule has 1 saturated heterocycles. The third-order valence-corrected chi connectivity index (χ3v) is 3.47. The average molecular weight is 185 g/mol. The van der Waals surface area contributed by atoms with Crippen LogP contribution in [0.3, 0.4) is 0 Å². The van der Waals surface area contributed by atoms with Gasteiger partial charge in [-0.1, -0.05) is 6.42 Å². The van der Waals surface area contributed by atoms with Crippen LogP contribution in [-0.4, -0.2) is 35.4 Å². The number of fused-ring (bicyclic) bond motifs is 1. The molecule has 4 heteroatoms. The number of quaternary nitrogens is 1. The second kappa shape index (κ2) is 3.04. The summed E-state index contributed by atoms with van der Waals surface area (Å²) in [4.78, 5) is 11.2. The van der Waals surface area contributed by atoms with E-state index in [1.807, 2.05) is 0 Å². The maximum absolute atomic E-state index is 11.9. The van der Waals surface area contributed by atoms with Crippen LogP contribution >= 0.6 is 0 Å². The van der Waals surface area contributed by atoms with Gasteiger partial charge in [-0.3, -0.25) is 4.65 Å². The fourth-order valence-corrected chi connectivity index (χ4v) is 2.76. The number of hydrogen-bond acceptors (Lipinski definition) is 3. The van der Waals surface area contributed by atoms with Crippen LogP contribution in [0.2, 0.25) is 0 Å². The number of hydroxylamine groups is 3. The maximum atomic E-state index is 11.9. The summed E-state index contributed by atoms with van der Waals surface area (Å²) in [6, 6.07) is 0. The first kappa shape index (κ1) is 9.12. The van der Waals surface area contributed by atoms with E-state index in [1.165, 1.54) is 6.42 Å². The van der Waals surface area contributed by atoms with Gasteiger partial charge in [0, 0.05) is 11.8 Å². The van der Waals surface area contributed by atoms with Gasteiger partial charge in [0.05, 0.1) is 13.1 Å². The lowest BCUT2D eigenvalue weighted by molar-refractivity contribution is -0.794. The Morgan fingerprint density at radius 2 is 1.92 bits per heavy atom. The smallest absolute Gasteiger partial charge is 0.339 e. The number of aliphatic hydroxyl groups excluding tert-OH is 1. The summed E-state index contributed by atoms with van der Waals surface area (Å²) in [6.45, 7) is 0.205. The number of carbonyl (C=O) groups excluding carboxylic acids is 1. The van der Waals surface area contributed by atoms with Gasteiger partial charge < -0.3 is 10.3 Å². The highest BCUT2D eigenvalue weighted by Gasteiger charge is 2.46. The zero-order valence-electron chi connectivity index (χ0n) is 7.61. The van der Waals surface area contributed by atoms with Gasteiger partial charge in [0.15, 0.2) is 6.61 Å². The maximum Gasteiger partial charge on any atom is 0.339 e. The van der Waals surface area contributed by atoms with Crippen molar-refractivity contribution < 1.29 is 14.5 Å². The number of aliphatic hydroxyl groups is 1. The highest BCUT2D eigenvalue weighted by atomic mass is 16.6. The van der Waals surface area contributed by atoms with E-state index < -0.39 is 17.2 Å². The van der Waals surface area contributed by atoms with Crippen molar-refractivity contribution in [2.45, 2.75) is 19.3 Å². The van der Waals surface area contributed by atoms with Crippen molar-refractivity contribution in [3.05, 3.63) is 5.21 Å². The summed E-state index contributed by atoms with van der Waals surface area (Å²) in [5.74, 6) is 0.315. The Hall–Kier alpha value is -0.450. The van der Waals surface area contributed by atoms with Crippen LogP contribution in [0.5, 0.6) is 0 Å². The molecule has 0 radical (unpaired) electrons. The van der Waals surface area contributed by atoms with Gasteiger partial charge in [-0.15, -0.1) is 0 Å². The zero-order chi connectivity index (χ0) is 9.47. The molecule has 0 aromatic rings. The van der Waals surface area contributed by atoms with Crippen molar-refractivity contribution in [2.24, 2.45) is 11.8 Å². The predicted octanol–water partition coefficient (Wildman–Crippen LogP) is 0.250. The Labute approximate surface area is 77.3 Å². The molecule has 2 aliphatic rings. The van der Waals surface area contributed by atoms with Crippen LogP contribution in [0.4, 0.5) is 0 Å². The lowest BCUT2D eigenvalue weighted by Crippen LogP contribution is -2.47. The molecule has 0 aromatic carbocycles. The number of likely N-dealkylation sites (tertiary alicyclic amines) is 1. The van der Waals surface area contributed by atoms with Gasteiger partial charge in [0.1, 0.15) is 0 Å². The lowest BCUT2D eigenvalue weighted by Gasteiger charge is -2.35. The quantitative estimate of drug-likeness (QED) is 0.470. The normalized spacial score (nSPS) is 43.5. The molecule has 1 N–H and O–H groups in total. The minimum atomic E-state index is -0.772. The number of hydrogen-bond donors (Lipinski definition) is 1. The highest BCUT2D eigenvalue weighted by molar-refractivity contribution is 5.70. The molecule has 2 unspecified atom stereocenters. The topological polar surface area (TPSA) is 60.4 Å². The summed E-state index contributed by atoms with van der Waals surface area (Å²) >= 11 is 0. The largest absolute Gasteiger partial charge is 0.625 e. The molecule has 1 saturated carbocycles. The molecule has 0 bridgehead atoms. The summed E-state index contributed by atoms with van der Waals surface area (Å²) in [7, 11) is 0. The number of rotatable bonds is 1. The van der Waals surface area contributed by atoms with E-state index >= 15 is 0 Å². The van der Waals surface area contributed by atoms with E-state index in [1.54, 1.807) is 0 Å². The molecule has 1 amide bonds. The molecule has 0 aromatic heterocycles. The van der Waals surface area contributed by atoms with Crippen LogP contribution in [0.1, 0.15) is 19.3 Å². The molecule has 2 rings (SSSR count). The minimum Gasteiger partial charge on any atom is -0.625 e. The Morgan fingerprint density at radius 3 is 2.38 bits per heavy atom. The summed E-state index contributed by atoms with van der Waals surface area (Å²) < 4.78 is -0.772. The average Bonchev–Trinajstić information content (AvgIpc) is 2.61. The third-order valence-electron chi connectivity index (χ3n) is 3.47. The van der Waals surface area contributed by atoms with E-state index in [9.17, 15) is 10.0 Å². The molecular weight excluding hydrogens is 170 g/mol. The predicted molar refractivity (Wildman–Crippen MR) is 46.3 cm³/mol. The fraction of sp³-hybridized carbons (Fsp3) is 0.889. The number of amides is 1. The van der Waals surface area contributed by atoms with E-state index in [-0.39, 0.29) is 0 Å². The molecule has 1 aliphatic carbocycles. The van der Waals surface area contributed by atoms with Crippen LogP contribution in [-0.2, 0) is 4.79 Å². The van der Waals surface area contributed by atoms with Crippen LogP contribution in [0, 0.1) is 17.0 Å². The van der Waals surface area contributed by atoms with Crippen LogP contribution in [0.25, 0.3) is 0 Å². The Morgan fingerprint density at radius 1 is 1.38 bits per heavy atom. The van der Waals surface area contributed by atoms with Crippen molar-refractivity contribution in [1.29, 1.82) is 0 Å². The van der Waals surface area contributed by atoms with Gasteiger partial charge in [-0.25, -0.2) is 4.79 Å². The number of carbonyl (C=O) groups is 1. The van der Waals surface area contributed by atoms with Crippen molar-refractivity contribution >= 4 is 5.91 Å². The highest BCUT2D eigenvalue weighted by Crippen LogP contribution is 2.40. The molecule has 1 aliphatic heterocycles. The lowest BCUT2D eigenvalue weighted by atomic mass is 10.0. The van der Waals surface area contributed by atoms with Crippen molar-refractivity contribution in [1.82, 2.24) is 0 Å². The standard InChI is InChI=1S/C9H15NO3/c11-6-9(12)10(13)4-7-2-1-3-8(7)5-10/h7-8,11H,1-6H2. The first-order chi connectivity index (χ1) is 6.15. The van der Waals surface area contributed by atoms with E-state index in [4.69, 9.17) is 5.11 Å². The molecular formula is C9H15NO3. The molecule has 2 atom stereocenters. The van der Waals surface area contributed by atoms with E-state index in [0.29, 0.717) is 24.9 Å². The van der Waals surface area contributed by atoms with E-state index in [0.717, 1.165) is 12.8 Å². The van der Waals surface area contributed by atoms with Crippen LogP contribution in [0.15, 0.2) is 0 Å². The van der Waals surface area contributed by atoms with Crippen molar-refractivity contribution in [3.8, 4) is 0 Å². The molecule has 2 fully saturated rings. The summed E-state index contributed by atoms with van der Waals surface area (Å²) in [6.07, 6.45) is 3.37. The first-order valence-electron chi connectivity index (χ1n) is 4.88. The summed E-state index contributed by atoms with van der Waals surface area (Å²) in [5, 5.41) is 20.5. The monoisotopic (exact) mass is 185 g/mol. The fourth-order valence-electron chi connectivity index (χ4n) is 2.76. The van der Waals surface area contributed by atoms with Crippen LogP contribution < -0.4 is 0 Å². The first-order valence-corrected chi connectivity index (χ1v) is 4.88. The summed E-state index contributed by atoms with van der Waals surface area (Å²) in [5.41, 5.74) is 0. The molecule has 4 nitrogen and oxygen atoms in total. The van der Waals surface area contributed by atoms with Gasteiger partial charge in [-0.05, 0) is 12.8 Å². The Bertz CT molecular complexity index is 217. The zero-order valence-corrected chi connectivity index (χ0v) is 7.61. The van der Waals surface area contributed by atoms with Crippen molar-refractivity contribution in [2.75, 3.05) is 19.7 Å². The van der Waals surface area contributed by atoms with E-state index in [2.05, 4.69) is 0 Å². The molecule has 13 heavy (non-hydrogen) atoms. The second-order valence-corrected chi connectivity index (χ2v) is 4.26. The Balaban J connectivity index is 2.08. The minimum absolute atomic E-state index is 0.407. The van der Waals surface area contributed by atoms with Gasteiger partial charge in [0.2, 0.25) is 0 Å². The van der Waals surface area contributed by atoms with Gasteiger partial charge >= 0.3 is 5.91 Å². The SMILES string of the molecule is O=C(CO)[N+]1([O-])CC2CCCC2C1. The molecule has 1 heterocycles. The molecule has 0 spiro atoms. The second-order valence-electron chi connectivity index (χ2n) is 4.26. The van der Waals surface area contributed by atoms with Gasteiger partial charge in [-0.2, -0.15) is 0 Å². The van der Waals surface area contributed by atoms with Gasteiger partial charge in [0.25, 0.3) is 0 Å². The number of nitrogens with zero attached hydrogens (tertiary/aromatic N) is 1. The third kappa shape index (κ3) is 1.39. The Kier molecular flexibility index (Phi) is 2.14.